The Bertz CT molecular complexity index is 617. The number of hydrogen-bond acceptors (Lipinski definition) is 5. The van der Waals surface area contributed by atoms with Gasteiger partial charge in [-0.25, -0.2) is 0 Å². The number of carbonyl (C=O) groups is 1. The topological polar surface area (TPSA) is 77.4 Å². The highest BCUT2D eigenvalue weighted by molar-refractivity contribution is 5.84. The summed E-state index contributed by atoms with van der Waals surface area (Å²) in [5.74, 6) is 0.674. The zero-order valence-corrected chi connectivity index (χ0v) is 15.5. The molecule has 1 aromatic carbocycles. The maximum Gasteiger partial charge on any atom is 0.325 e. The number of piperazine rings is 1. The molecule has 0 saturated carbocycles. The number of esters is 1. The van der Waals surface area contributed by atoms with Crippen molar-refractivity contribution in [2.45, 2.75) is 26.4 Å². The quantitative estimate of drug-likeness (QED) is 0.489. The molecule has 0 aromatic heterocycles. The van der Waals surface area contributed by atoms with Crippen molar-refractivity contribution in [1.82, 2.24) is 10.2 Å². The molecule has 0 unspecified atom stereocenters. The van der Waals surface area contributed by atoms with E-state index in [0.717, 1.165) is 31.9 Å². The summed E-state index contributed by atoms with van der Waals surface area (Å²) in [5, 5.41) is 13.0. The first-order valence-electron chi connectivity index (χ1n) is 8.50. The van der Waals surface area contributed by atoms with E-state index in [9.17, 15) is 9.90 Å². The lowest BCUT2D eigenvalue weighted by Gasteiger charge is -2.37. The Morgan fingerprint density at radius 3 is 2.44 bits per heavy atom. The van der Waals surface area contributed by atoms with Gasteiger partial charge in [-0.15, -0.1) is 0 Å². The fourth-order valence-electron chi connectivity index (χ4n) is 2.75. The number of para-hydroxylation sites is 2. The van der Waals surface area contributed by atoms with Crippen LogP contribution in [0.5, 0.6) is 5.75 Å². The first kappa shape index (κ1) is 18.9. The standard InChI is InChI=1S/C18H28N4O3/c1-18(2,3)25-16(24)13-20-17(19-4)22-11-9-21(10-12-22)14-7-5-6-8-15(14)23/h5-8,23H,9-13H2,1-4H3,(H,19,20). The molecule has 1 aliphatic rings. The Balaban J connectivity index is 1.86. The van der Waals surface area contributed by atoms with E-state index >= 15 is 0 Å². The molecule has 7 nitrogen and oxygen atoms in total. The van der Waals surface area contributed by atoms with E-state index in [1.807, 2.05) is 39.0 Å². The third kappa shape index (κ3) is 5.55. The summed E-state index contributed by atoms with van der Waals surface area (Å²) in [5.41, 5.74) is 0.352. The Kier molecular flexibility index (Phi) is 6.12. The van der Waals surface area contributed by atoms with Gasteiger partial charge >= 0.3 is 5.97 Å². The fraction of sp³-hybridized carbons (Fsp3) is 0.556. The summed E-state index contributed by atoms with van der Waals surface area (Å²) in [6.07, 6.45) is 0. The van der Waals surface area contributed by atoms with Gasteiger partial charge < -0.3 is 25.0 Å². The van der Waals surface area contributed by atoms with Gasteiger partial charge in [-0.05, 0) is 32.9 Å². The molecule has 0 aliphatic carbocycles. The third-order valence-electron chi connectivity index (χ3n) is 3.82. The molecular formula is C18H28N4O3. The van der Waals surface area contributed by atoms with Crippen LogP contribution in [0.1, 0.15) is 20.8 Å². The van der Waals surface area contributed by atoms with Crippen molar-refractivity contribution in [3.8, 4) is 5.75 Å². The SMILES string of the molecule is CN=C(NCC(=O)OC(C)(C)C)N1CCN(c2ccccc2O)CC1. The number of aromatic hydroxyl groups is 1. The summed E-state index contributed by atoms with van der Waals surface area (Å²) < 4.78 is 5.30. The molecule has 0 spiro atoms. The number of hydrogen-bond donors (Lipinski definition) is 2. The van der Waals surface area contributed by atoms with Crippen molar-refractivity contribution >= 4 is 17.6 Å². The lowest BCUT2D eigenvalue weighted by molar-refractivity contribution is -0.153. The second-order valence-electron chi connectivity index (χ2n) is 6.95. The van der Waals surface area contributed by atoms with Gasteiger partial charge in [0.1, 0.15) is 17.9 Å². The predicted molar refractivity (Wildman–Crippen MR) is 99.1 cm³/mol. The van der Waals surface area contributed by atoms with E-state index in [2.05, 4.69) is 20.1 Å². The van der Waals surface area contributed by atoms with Crippen molar-refractivity contribution in [2.24, 2.45) is 4.99 Å². The predicted octanol–water partition coefficient (Wildman–Crippen LogP) is 1.43. The summed E-state index contributed by atoms with van der Waals surface area (Å²) in [6.45, 7) is 8.66. The highest BCUT2D eigenvalue weighted by atomic mass is 16.6. The van der Waals surface area contributed by atoms with Crippen LogP contribution >= 0.6 is 0 Å². The van der Waals surface area contributed by atoms with E-state index in [4.69, 9.17) is 4.74 Å². The van der Waals surface area contributed by atoms with E-state index in [-0.39, 0.29) is 12.5 Å². The zero-order valence-electron chi connectivity index (χ0n) is 15.5. The molecule has 2 rings (SSSR count). The number of nitrogens with zero attached hydrogens (tertiary/aromatic N) is 3. The molecule has 1 aliphatic heterocycles. The van der Waals surface area contributed by atoms with Crippen LogP contribution in [0.15, 0.2) is 29.3 Å². The summed E-state index contributed by atoms with van der Waals surface area (Å²) in [7, 11) is 1.70. The summed E-state index contributed by atoms with van der Waals surface area (Å²) in [6, 6.07) is 7.35. The van der Waals surface area contributed by atoms with Gasteiger partial charge in [-0.2, -0.15) is 0 Å². The van der Waals surface area contributed by atoms with Crippen molar-refractivity contribution in [3.63, 3.8) is 0 Å². The van der Waals surface area contributed by atoms with Crippen LogP contribution in [0.3, 0.4) is 0 Å². The number of benzene rings is 1. The molecule has 2 N–H and O–H groups in total. The third-order valence-corrected chi connectivity index (χ3v) is 3.82. The largest absolute Gasteiger partial charge is 0.506 e. The Morgan fingerprint density at radius 2 is 1.88 bits per heavy atom. The van der Waals surface area contributed by atoms with Crippen LogP contribution in [-0.4, -0.2) is 67.3 Å². The number of aliphatic imine (C=N–C) groups is 1. The molecule has 0 radical (unpaired) electrons. The average molecular weight is 348 g/mol. The van der Waals surface area contributed by atoms with Crippen molar-refractivity contribution in [1.29, 1.82) is 0 Å². The van der Waals surface area contributed by atoms with E-state index in [1.54, 1.807) is 13.1 Å². The van der Waals surface area contributed by atoms with Crippen LogP contribution in [0, 0.1) is 0 Å². The number of rotatable bonds is 3. The molecular weight excluding hydrogens is 320 g/mol. The van der Waals surface area contributed by atoms with Crippen molar-refractivity contribution in [2.75, 3.05) is 44.7 Å². The van der Waals surface area contributed by atoms with Crippen molar-refractivity contribution < 1.29 is 14.6 Å². The molecule has 1 aromatic rings. The molecule has 1 saturated heterocycles. The molecule has 138 valence electrons. The number of nitrogens with one attached hydrogen (secondary N) is 1. The van der Waals surface area contributed by atoms with Crippen LogP contribution in [0.25, 0.3) is 0 Å². The number of guanidine groups is 1. The molecule has 1 fully saturated rings. The molecule has 7 heteroatoms. The number of carbonyl (C=O) groups excluding carboxylic acids is 1. The Hall–Kier alpha value is -2.44. The van der Waals surface area contributed by atoms with Crippen LogP contribution in [0.4, 0.5) is 5.69 Å². The first-order valence-corrected chi connectivity index (χ1v) is 8.50. The van der Waals surface area contributed by atoms with Gasteiger partial charge in [-0.1, -0.05) is 12.1 Å². The highest BCUT2D eigenvalue weighted by Gasteiger charge is 2.22. The number of phenols is 1. The van der Waals surface area contributed by atoms with E-state index in [0.29, 0.717) is 11.7 Å². The van der Waals surface area contributed by atoms with Crippen LogP contribution in [0.2, 0.25) is 0 Å². The monoisotopic (exact) mass is 348 g/mol. The van der Waals surface area contributed by atoms with E-state index in [1.165, 1.54) is 0 Å². The van der Waals surface area contributed by atoms with Crippen LogP contribution in [-0.2, 0) is 9.53 Å². The lowest BCUT2D eigenvalue weighted by Crippen LogP contribution is -2.53. The van der Waals surface area contributed by atoms with Gasteiger partial charge in [-0.3, -0.25) is 9.79 Å². The average Bonchev–Trinajstić information content (AvgIpc) is 2.55. The minimum absolute atomic E-state index is 0.0869. The molecule has 0 atom stereocenters. The van der Waals surface area contributed by atoms with Crippen molar-refractivity contribution in [3.05, 3.63) is 24.3 Å². The number of phenolic OH excluding ortho intramolecular Hbond substituents is 1. The smallest absolute Gasteiger partial charge is 0.325 e. The lowest BCUT2D eigenvalue weighted by atomic mass is 10.2. The fourth-order valence-corrected chi connectivity index (χ4v) is 2.75. The Labute approximate surface area is 149 Å². The maximum atomic E-state index is 11.8. The number of anilines is 1. The second kappa shape index (κ2) is 8.09. The van der Waals surface area contributed by atoms with Crippen LogP contribution < -0.4 is 10.2 Å². The summed E-state index contributed by atoms with van der Waals surface area (Å²) >= 11 is 0. The van der Waals surface area contributed by atoms with Gasteiger partial charge in [0.05, 0.1) is 5.69 Å². The van der Waals surface area contributed by atoms with Gasteiger partial charge in [0, 0.05) is 33.2 Å². The Morgan fingerprint density at radius 1 is 1.24 bits per heavy atom. The molecule has 0 bridgehead atoms. The minimum atomic E-state index is -0.494. The first-order chi connectivity index (χ1) is 11.8. The molecule has 1 heterocycles. The van der Waals surface area contributed by atoms with E-state index < -0.39 is 5.60 Å². The van der Waals surface area contributed by atoms with Gasteiger partial charge in [0.2, 0.25) is 0 Å². The normalized spacial score (nSPS) is 15.9. The zero-order chi connectivity index (χ0) is 18.4. The molecule has 25 heavy (non-hydrogen) atoms. The second-order valence-corrected chi connectivity index (χ2v) is 6.95. The molecule has 0 amide bonds. The summed E-state index contributed by atoms with van der Waals surface area (Å²) in [4.78, 5) is 20.3. The van der Waals surface area contributed by atoms with Gasteiger partial charge in [0.25, 0.3) is 0 Å². The number of ether oxygens (including phenoxy) is 1. The minimum Gasteiger partial charge on any atom is -0.506 e. The van der Waals surface area contributed by atoms with Gasteiger partial charge in [0.15, 0.2) is 5.96 Å². The maximum absolute atomic E-state index is 11.8. The highest BCUT2D eigenvalue weighted by Crippen LogP contribution is 2.27.